The van der Waals surface area contributed by atoms with E-state index in [1.54, 1.807) is 12.1 Å². The Kier molecular flexibility index (Phi) is 6.96. The molecule has 0 bridgehead atoms. The van der Waals surface area contributed by atoms with Crippen molar-refractivity contribution in [2.24, 2.45) is 17.6 Å². The van der Waals surface area contributed by atoms with E-state index in [-0.39, 0.29) is 5.91 Å². The molecule has 0 saturated carbocycles. The topological polar surface area (TPSA) is 68.0 Å². The number of aromatic nitrogens is 1. The highest BCUT2D eigenvalue weighted by atomic mass is 35.5. The fourth-order valence-electron chi connectivity index (χ4n) is 2.22. The summed E-state index contributed by atoms with van der Waals surface area (Å²) in [5, 5.41) is 3.32. The van der Waals surface area contributed by atoms with Crippen LogP contribution in [-0.4, -0.2) is 17.4 Å². The molecule has 0 aliphatic heterocycles. The third-order valence-corrected chi connectivity index (χ3v) is 3.76. The van der Waals surface area contributed by atoms with Crippen LogP contribution in [0.1, 0.15) is 38.8 Å². The monoisotopic (exact) mass is 297 g/mol. The summed E-state index contributed by atoms with van der Waals surface area (Å²) in [6, 6.07) is 3.46. The van der Waals surface area contributed by atoms with Crippen LogP contribution in [0.5, 0.6) is 0 Å². The van der Waals surface area contributed by atoms with E-state index in [0.717, 1.165) is 24.2 Å². The molecule has 1 atom stereocenters. The number of aryl methyl sites for hydroxylation is 1. The second-order valence-electron chi connectivity index (χ2n) is 5.44. The van der Waals surface area contributed by atoms with Gasteiger partial charge in [0, 0.05) is 6.42 Å². The maximum Gasteiger partial charge on any atom is 0.224 e. The van der Waals surface area contributed by atoms with Crippen molar-refractivity contribution in [3.63, 3.8) is 0 Å². The Labute approximate surface area is 126 Å². The first-order valence-corrected chi connectivity index (χ1v) is 7.45. The third-order valence-electron chi connectivity index (χ3n) is 3.55. The normalized spacial score (nSPS) is 12.5. The van der Waals surface area contributed by atoms with Gasteiger partial charge in [-0.25, -0.2) is 4.98 Å². The Morgan fingerprint density at radius 1 is 1.40 bits per heavy atom. The molecule has 1 unspecified atom stereocenters. The van der Waals surface area contributed by atoms with Gasteiger partial charge in [-0.2, -0.15) is 0 Å². The first-order valence-electron chi connectivity index (χ1n) is 7.07. The van der Waals surface area contributed by atoms with E-state index in [0.29, 0.717) is 30.0 Å². The SMILES string of the molecule is Cc1nc(Cl)ccc1NC(=O)CCC(CCN)C(C)C. The number of rotatable bonds is 7. The molecule has 1 heterocycles. The fourth-order valence-corrected chi connectivity index (χ4v) is 2.41. The van der Waals surface area contributed by atoms with Crippen LogP contribution in [0.25, 0.3) is 0 Å². The zero-order valence-corrected chi connectivity index (χ0v) is 13.2. The van der Waals surface area contributed by atoms with E-state index >= 15 is 0 Å². The second kappa shape index (κ2) is 8.22. The van der Waals surface area contributed by atoms with Gasteiger partial charge >= 0.3 is 0 Å². The van der Waals surface area contributed by atoms with Crippen molar-refractivity contribution in [3.8, 4) is 0 Å². The number of nitrogens with one attached hydrogen (secondary N) is 1. The number of nitrogens with zero attached hydrogens (tertiary/aromatic N) is 1. The Hall–Kier alpha value is -1.13. The van der Waals surface area contributed by atoms with Crippen LogP contribution in [0.2, 0.25) is 5.15 Å². The molecule has 1 aromatic heterocycles. The van der Waals surface area contributed by atoms with E-state index in [1.165, 1.54) is 0 Å². The van der Waals surface area contributed by atoms with Crippen LogP contribution < -0.4 is 11.1 Å². The minimum atomic E-state index is 0.0138. The molecule has 0 spiro atoms. The Bertz CT molecular complexity index is 449. The number of amides is 1. The molecule has 0 saturated heterocycles. The number of anilines is 1. The van der Waals surface area contributed by atoms with Crippen molar-refractivity contribution >= 4 is 23.2 Å². The average Bonchev–Trinajstić information content (AvgIpc) is 2.37. The van der Waals surface area contributed by atoms with Gasteiger partial charge in [0.25, 0.3) is 0 Å². The summed E-state index contributed by atoms with van der Waals surface area (Å²) in [6.45, 7) is 6.84. The lowest BCUT2D eigenvalue weighted by Gasteiger charge is -2.19. The Morgan fingerprint density at radius 2 is 2.10 bits per heavy atom. The largest absolute Gasteiger partial charge is 0.330 e. The van der Waals surface area contributed by atoms with E-state index in [1.807, 2.05) is 6.92 Å². The van der Waals surface area contributed by atoms with Crippen LogP contribution in [-0.2, 0) is 4.79 Å². The van der Waals surface area contributed by atoms with Gasteiger partial charge in [0.15, 0.2) is 0 Å². The van der Waals surface area contributed by atoms with Crippen LogP contribution >= 0.6 is 11.6 Å². The van der Waals surface area contributed by atoms with Crippen molar-refractivity contribution in [2.75, 3.05) is 11.9 Å². The molecule has 1 amide bonds. The first-order chi connectivity index (χ1) is 9.43. The summed E-state index contributed by atoms with van der Waals surface area (Å²) in [5.41, 5.74) is 7.06. The number of carbonyl (C=O) groups excluding carboxylic acids is 1. The molecule has 20 heavy (non-hydrogen) atoms. The van der Waals surface area contributed by atoms with Crippen molar-refractivity contribution in [3.05, 3.63) is 23.0 Å². The first kappa shape index (κ1) is 16.9. The number of halogens is 1. The maximum absolute atomic E-state index is 12.0. The summed E-state index contributed by atoms with van der Waals surface area (Å²) < 4.78 is 0. The highest BCUT2D eigenvalue weighted by Gasteiger charge is 2.15. The van der Waals surface area contributed by atoms with Crippen molar-refractivity contribution in [1.82, 2.24) is 4.98 Å². The molecule has 1 rings (SSSR count). The molecule has 112 valence electrons. The molecular weight excluding hydrogens is 274 g/mol. The van der Waals surface area contributed by atoms with Gasteiger partial charge in [-0.15, -0.1) is 0 Å². The van der Waals surface area contributed by atoms with Crippen LogP contribution in [0.3, 0.4) is 0 Å². The second-order valence-corrected chi connectivity index (χ2v) is 5.82. The van der Waals surface area contributed by atoms with E-state index in [2.05, 4.69) is 24.1 Å². The van der Waals surface area contributed by atoms with Crippen LogP contribution in [0.4, 0.5) is 5.69 Å². The van der Waals surface area contributed by atoms with Gasteiger partial charge in [-0.05, 0) is 50.3 Å². The fraction of sp³-hybridized carbons (Fsp3) is 0.600. The molecule has 0 aliphatic rings. The molecule has 0 aromatic carbocycles. The predicted octanol–water partition coefficient (Wildman–Crippen LogP) is 3.38. The van der Waals surface area contributed by atoms with Gasteiger partial charge in [0.05, 0.1) is 11.4 Å². The summed E-state index contributed by atoms with van der Waals surface area (Å²) in [5.74, 6) is 1.06. The standard InChI is InChI=1S/C15H24ClN3O/c1-10(2)12(8-9-17)4-7-15(20)19-13-5-6-14(16)18-11(13)3/h5-6,10,12H,4,7-9,17H2,1-3H3,(H,19,20). The zero-order chi connectivity index (χ0) is 15.1. The zero-order valence-electron chi connectivity index (χ0n) is 12.4. The number of hydrogen-bond donors (Lipinski definition) is 2. The molecule has 3 N–H and O–H groups in total. The van der Waals surface area contributed by atoms with Crippen molar-refractivity contribution in [2.45, 2.75) is 40.0 Å². The highest BCUT2D eigenvalue weighted by Crippen LogP contribution is 2.21. The summed E-state index contributed by atoms with van der Waals surface area (Å²) >= 11 is 5.79. The third kappa shape index (κ3) is 5.47. The lowest BCUT2D eigenvalue weighted by molar-refractivity contribution is -0.116. The van der Waals surface area contributed by atoms with Crippen LogP contribution in [0.15, 0.2) is 12.1 Å². The maximum atomic E-state index is 12.0. The lowest BCUT2D eigenvalue weighted by atomic mass is 9.88. The smallest absolute Gasteiger partial charge is 0.224 e. The minimum Gasteiger partial charge on any atom is -0.330 e. The minimum absolute atomic E-state index is 0.0138. The molecule has 0 radical (unpaired) electrons. The van der Waals surface area contributed by atoms with Gasteiger partial charge in [-0.3, -0.25) is 4.79 Å². The summed E-state index contributed by atoms with van der Waals surface area (Å²) in [6.07, 6.45) is 2.33. The number of nitrogens with two attached hydrogens (primary N) is 1. The van der Waals surface area contributed by atoms with Gasteiger partial charge in [0.2, 0.25) is 5.91 Å². The van der Waals surface area contributed by atoms with Crippen molar-refractivity contribution < 1.29 is 4.79 Å². The quantitative estimate of drug-likeness (QED) is 0.758. The number of pyridine rings is 1. The highest BCUT2D eigenvalue weighted by molar-refractivity contribution is 6.29. The summed E-state index contributed by atoms with van der Waals surface area (Å²) in [7, 11) is 0. The number of carbonyl (C=O) groups is 1. The number of hydrogen-bond acceptors (Lipinski definition) is 3. The predicted molar refractivity (Wildman–Crippen MR) is 83.8 cm³/mol. The molecular formula is C15H24ClN3O. The molecule has 0 aliphatic carbocycles. The molecule has 5 heteroatoms. The van der Waals surface area contributed by atoms with E-state index in [4.69, 9.17) is 17.3 Å². The van der Waals surface area contributed by atoms with Crippen LogP contribution in [0, 0.1) is 18.8 Å². The summed E-state index contributed by atoms with van der Waals surface area (Å²) in [4.78, 5) is 16.1. The average molecular weight is 298 g/mol. The van der Waals surface area contributed by atoms with E-state index in [9.17, 15) is 4.79 Å². The Morgan fingerprint density at radius 3 is 2.65 bits per heavy atom. The Balaban J connectivity index is 2.51. The van der Waals surface area contributed by atoms with Gasteiger partial charge in [0.1, 0.15) is 5.15 Å². The van der Waals surface area contributed by atoms with Gasteiger partial charge < -0.3 is 11.1 Å². The molecule has 0 fully saturated rings. The lowest BCUT2D eigenvalue weighted by Crippen LogP contribution is -2.18. The van der Waals surface area contributed by atoms with E-state index < -0.39 is 0 Å². The van der Waals surface area contributed by atoms with Gasteiger partial charge in [-0.1, -0.05) is 25.4 Å². The molecule has 1 aromatic rings. The van der Waals surface area contributed by atoms with Crippen molar-refractivity contribution in [1.29, 1.82) is 0 Å². The molecule has 4 nitrogen and oxygen atoms in total.